The van der Waals surface area contributed by atoms with Crippen LogP contribution in [-0.4, -0.2) is 12.1 Å². The molecule has 0 N–H and O–H groups in total. The highest BCUT2D eigenvalue weighted by molar-refractivity contribution is 5.71. The third-order valence-corrected chi connectivity index (χ3v) is 2.04. The zero-order valence-electron chi connectivity index (χ0n) is 9.63. The second kappa shape index (κ2) is 5.25. The van der Waals surface area contributed by atoms with Crippen molar-refractivity contribution >= 4 is 5.97 Å². The van der Waals surface area contributed by atoms with Gasteiger partial charge in [-0.25, -0.2) is 0 Å². The highest BCUT2D eigenvalue weighted by Gasteiger charge is 2.22. The monoisotopic (exact) mass is 186 g/mol. The summed E-state index contributed by atoms with van der Waals surface area (Å²) in [6.45, 7) is 12.0. The Balaban J connectivity index is 4.19. The molecule has 0 spiro atoms. The van der Waals surface area contributed by atoms with Gasteiger partial charge in [-0.15, -0.1) is 0 Å². The fraction of sp³-hybridized carbons (Fsp3) is 0.909. The molecule has 0 saturated heterocycles. The quantitative estimate of drug-likeness (QED) is 0.631. The molecule has 0 amide bonds. The van der Waals surface area contributed by atoms with E-state index in [4.69, 9.17) is 4.74 Å². The maximum Gasteiger partial charge on any atom is 0.308 e. The Morgan fingerprint density at radius 2 is 1.31 bits per heavy atom. The summed E-state index contributed by atoms with van der Waals surface area (Å²) in [5.41, 5.74) is 0. The SMILES string of the molecule is CC(C)C(=O)OC(C(C)C)C(C)C. The number of carbonyl (C=O) groups is 1. The smallest absolute Gasteiger partial charge is 0.308 e. The van der Waals surface area contributed by atoms with E-state index in [-0.39, 0.29) is 18.0 Å². The van der Waals surface area contributed by atoms with Crippen molar-refractivity contribution in [2.24, 2.45) is 17.8 Å². The number of hydrogen-bond acceptors (Lipinski definition) is 2. The summed E-state index contributed by atoms with van der Waals surface area (Å²) >= 11 is 0. The molecule has 0 aromatic carbocycles. The van der Waals surface area contributed by atoms with Gasteiger partial charge in [-0.2, -0.15) is 0 Å². The van der Waals surface area contributed by atoms with Gasteiger partial charge < -0.3 is 4.74 Å². The molecule has 2 nitrogen and oxygen atoms in total. The number of carbonyl (C=O) groups excluding carboxylic acids is 1. The number of rotatable bonds is 4. The number of hydrogen-bond donors (Lipinski definition) is 0. The summed E-state index contributed by atoms with van der Waals surface area (Å²) in [6.07, 6.45) is 0.0508. The molecule has 0 aliphatic carbocycles. The second-order valence-corrected chi connectivity index (χ2v) is 4.54. The highest BCUT2D eigenvalue weighted by atomic mass is 16.5. The van der Waals surface area contributed by atoms with E-state index in [1.807, 2.05) is 13.8 Å². The first-order chi connectivity index (χ1) is 5.86. The summed E-state index contributed by atoms with van der Waals surface area (Å²) in [5.74, 6) is 0.665. The molecule has 0 atom stereocenters. The lowest BCUT2D eigenvalue weighted by Crippen LogP contribution is -2.30. The van der Waals surface area contributed by atoms with E-state index in [0.717, 1.165) is 0 Å². The van der Waals surface area contributed by atoms with Gasteiger partial charge in [0.2, 0.25) is 0 Å². The van der Waals surface area contributed by atoms with Crippen molar-refractivity contribution in [1.82, 2.24) is 0 Å². The lowest BCUT2D eigenvalue weighted by Gasteiger charge is -2.25. The van der Waals surface area contributed by atoms with Gasteiger partial charge in [0.25, 0.3) is 0 Å². The summed E-state index contributed by atoms with van der Waals surface area (Å²) in [4.78, 5) is 11.3. The predicted molar refractivity (Wildman–Crippen MR) is 54.4 cm³/mol. The van der Waals surface area contributed by atoms with Crippen molar-refractivity contribution in [1.29, 1.82) is 0 Å². The molecular formula is C11H22O2. The summed E-state index contributed by atoms with van der Waals surface area (Å²) in [5, 5.41) is 0. The van der Waals surface area contributed by atoms with Gasteiger partial charge in [0, 0.05) is 0 Å². The first-order valence-electron chi connectivity index (χ1n) is 5.06. The van der Waals surface area contributed by atoms with E-state index in [2.05, 4.69) is 27.7 Å². The Labute approximate surface area is 81.7 Å². The molecule has 0 rings (SSSR count). The largest absolute Gasteiger partial charge is 0.462 e. The van der Waals surface area contributed by atoms with Crippen LogP contribution in [0.15, 0.2) is 0 Å². The molecule has 0 aromatic rings. The van der Waals surface area contributed by atoms with Crippen LogP contribution in [0.3, 0.4) is 0 Å². The van der Waals surface area contributed by atoms with Gasteiger partial charge >= 0.3 is 5.97 Å². The van der Waals surface area contributed by atoms with Crippen LogP contribution in [0.1, 0.15) is 41.5 Å². The maximum atomic E-state index is 11.3. The van der Waals surface area contributed by atoms with Crippen LogP contribution in [-0.2, 0) is 9.53 Å². The maximum absolute atomic E-state index is 11.3. The van der Waals surface area contributed by atoms with E-state index < -0.39 is 0 Å². The van der Waals surface area contributed by atoms with Gasteiger partial charge in [-0.3, -0.25) is 4.79 Å². The first kappa shape index (κ1) is 12.5. The van der Waals surface area contributed by atoms with E-state index in [1.165, 1.54) is 0 Å². The van der Waals surface area contributed by atoms with Crippen molar-refractivity contribution in [3.63, 3.8) is 0 Å². The Morgan fingerprint density at radius 1 is 0.923 bits per heavy atom. The average molecular weight is 186 g/mol. The topological polar surface area (TPSA) is 26.3 Å². The van der Waals surface area contributed by atoms with Crippen molar-refractivity contribution in [2.45, 2.75) is 47.6 Å². The van der Waals surface area contributed by atoms with Gasteiger partial charge in [0.15, 0.2) is 0 Å². The van der Waals surface area contributed by atoms with E-state index in [9.17, 15) is 4.79 Å². The molecule has 0 saturated carbocycles. The van der Waals surface area contributed by atoms with E-state index in [0.29, 0.717) is 11.8 Å². The van der Waals surface area contributed by atoms with Crippen LogP contribution in [0.2, 0.25) is 0 Å². The fourth-order valence-corrected chi connectivity index (χ4v) is 1.31. The molecule has 13 heavy (non-hydrogen) atoms. The molecule has 0 fully saturated rings. The fourth-order valence-electron chi connectivity index (χ4n) is 1.31. The van der Waals surface area contributed by atoms with Crippen LogP contribution in [0.4, 0.5) is 0 Å². The third kappa shape index (κ3) is 4.30. The molecule has 78 valence electrons. The Kier molecular flexibility index (Phi) is 5.04. The summed E-state index contributed by atoms with van der Waals surface area (Å²) in [6, 6.07) is 0. The van der Waals surface area contributed by atoms with Crippen LogP contribution < -0.4 is 0 Å². The van der Waals surface area contributed by atoms with Gasteiger partial charge in [-0.1, -0.05) is 41.5 Å². The normalized spacial score (nSPS) is 11.8. The molecule has 0 aliphatic rings. The standard InChI is InChI=1S/C11H22O2/c1-7(2)10(8(3)4)13-11(12)9(5)6/h7-10H,1-6H3. The minimum absolute atomic E-state index is 0.0278. The van der Waals surface area contributed by atoms with Crippen molar-refractivity contribution in [2.75, 3.05) is 0 Å². The van der Waals surface area contributed by atoms with Crippen molar-refractivity contribution < 1.29 is 9.53 Å². The van der Waals surface area contributed by atoms with Gasteiger partial charge in [0.05, 0.1) is 5.92 Å². The zero-order chi connectivity index (χ0) is 10.6. The number of ether oxygens (including phenoxy) is 1. The zero-order valence-corrected chi connectivity index (χ0v) is 9.63. The lowest BCUT2D eigenvalue weighted by atomic mass is 9.96. The van der Waals surface area contributed by atoms with Gasteiger partial charge in [-0.05, 0) is 11.8 Å². The van der Waals surface area contributed by atoms with E-state index in [1.54, 1.807) is 0 Å². The Hall–Kier alpha value is -0.530. The lowest BCUT2D eigenvalue weighted by molar-refractivity contribution is -0.157. The minimum Gasteiger partial charge on any atom is -0.462 e. The molecular weight excluding hydrogens is 164 g/mol. The van der Waals surface area contributed by atoms with Crippen molar-refractivity contribution in [3.8, 4) is 0 Å². The Morgan fingerprint density at radius 3 is 1.54 bits per heavy atom. The number of esters is 1. The molecule has 0 heterocycles. The highest BCUT2D eigenvalue weighted by Crippen LogP contribution is 2.17. The average Bonchev–Trinajstić information content (AvgIpc) is 1.97. The summed E-state index contributed by atoms with van der Waals surface area (Å²) < 4.78 is 5.40. The van der Waals surface area contributed by atoms with Crippen LogP contribution in [0.25, 0.3) is 0 Å². The first-order valence-corrected chi connectivity index (χ1v) is 5.06. The second-order valence-electron chi connectivity index (χ2n) is 4.54. The third-order valence-electron chi connectivity index (χ3n) is 2.04. The molecule has 0 bridgehead atoms. The summed E-state index contributed by atoms with van der Waals surface area (Å²) in [7, 11) is 0. The molecule has 0 radical (unpaired) electrons. The van der Waals surface area contributed by atoms with Crippen LogP contribution in [0, 0.1) is 17.8 Å². The molecule has 0 aliphatic heterocycles. The van der Waals surface area contributed by atoms with Gasteiger partial charge in [0.1, 0.15) is 6.10 Å². The van der Waals surface area contributed by atoms with Crippen LogP contribution >= 0.6 is 0 Å². The minimum atomic E-state index is -0.0904. The molecule has 0 aromatic heterocycles. The molecule has 2 heteroatoms. The van der Waals surface area contributed by atoms with Crippen LogP contribution in [0.5, 0.6) is 0 Å². The Bertz CT molecular complexity index is 151. The molecule has 0 unspecified atom stereocenters. The van der Waals surface area contributed by atoms with E-state index >= 15 is 0 Å². The predicted octanol–water partition coefficient (Wildman–Crippen LogP) is 2.87. The van der Waals surface area contributed by atoms with Crippen molar-refractivity contribution in [3.05, 3.63) is 0 Å².